The number of guanidine groups is 1. The van der Waals surface area contributed by atoms with Gasteiger partial charge in [-0.1, -0.05) is 30.3 Å². The lowest BCUT2D eigenvalue weighted by Gasteiger charge is -2.25. The van der Waals surface area contributed by atoms with Crippen molar-refractivity contribution >= 4 is 5.96 Å². The Morgan fingerprint density at radius 2 is 1.92 bits per heavy atom. The predicted molar refractivity (Wildman–Crippen MR) is 104 cm³/mol. The number of nitrogens with zero attached hydrogens (tertiary/aromatic N) is 3. The SMILES string of the molecule is CN=C(NCCn1cccc1)NCC1CCCN1Cc1ccccc1. The Morgan fingerprint density at radius 1 is 1.12 bits per heavy atom. The summed E-state index contributed by atoms with van der Waals surface area (Å²) < 4.78 is 2.17. The van der Waals surface area contributed by atoms with Gasteiger partial charge in [-0.25, -0.2) is 0 Å². The molecule has 5 heteroatoms. The third kappa shape index (κ3) is 5.36. The normalized spacial score (nSPS) is 18.4. The highest BCUT2D eigenvalue weighted by molar-refractivity contribution is 5.79. The zero-order valence-corrected chi connectivity index (χ0v) is 15.1. The Bertz CT molecular complexity index is 635. The van der Waals surface area contributed by atoms with E-state index in [1.54, 1.807) is 0 Å². The van der Waals surface area contributed by atoms with Gasteiger partial charge in [-0.15, -0.1) is 0 Å². The average Bonchev–Trinajstić information content (AvgIpc) is 3.31. The summed E-state index contributed by atoms with van der Waals surface area (Å²) in [6.45, 7) is 4.97. The van der Waals surface area contributed by atoms with E-state index in [4.69, 9.17) is 0 Å². The number of nitrogens with one attached hydrogen (secondary N) is 2. The number of benzene rings is 1. The standard InChI is InChI=1S/C20H29N5/c1-21-20(22-11-15-24-12-5-6-13-24)23-16-19-10-7-14-25(19)17-18-8-3-2-4-9-18/h2-6,8-9,12-13,19H,7,10-11,14-17H2,1H3,(H2,21,22,23). The van der Waals surface area contributed by atoms with Crippen molar-refractivity contribution in [1.82, 2.24) is 20.1 Å². The van der Waals surface area contributed by atoms with Gasteiger partial charge in [0.2, 0.25) is 0 Å². The molecule has 1 fully saturated rings. The first-order valence-corrected chi connectivity index (χ1v) is 9.18. The van der Waals surface area contributed by atoms with E-state index in [9.17, 15) is 0 Å². The van der Waals surface area contributed by atoms with Crippen LogP contribution >= 0.6 is 0 Å². The van der Waals surface area contributed by atoms with Crippen LogP contribution in [0.25, 0.3) is 0 Å². The van der Waals surface area contributed by atoms with E-state index in [0.717, 1.165) is 32.1 Å². The van der Waals surface area contributed by atoms with Crippen molar-refractivity contribution in [1.29, 1.82) is 0 Å². The zero-order valence-electron chi connectivity index (χ0n) is 15.1. The van der Waals surface area contributed by atoms with Crippen molar-refractivity contribution in [3.05, 3.63) is 60.4 Å². The summed E-state index contributed by atoms with van der Waals surface area (Å²) in [5.41, 5.74) is 1.39. The second kappa shape index (κ2) is 9.28. The second-order valence-corrected chi connectivity index (χ2v) is 6.55. The Hall–Kier alpha value is -2.27. The molecule has 3 rings (SSSR count). The van der Waals surface area contributed by atoms with Gasteiger partial charge in [-0.3, -0.25) is 9.89 Å². The molecular formula is C20H29N5. The third-order valence-corrected chi connectivity index (χ3v) is 4.78. The molecule has 134 valence electrons. The molecule has 1 atom stereocenters. The van der Waals surface area contributed by atoms with Crippen molar-refractivity contribution in [3.63, 3.8) is 0 Å². The topological polar surface area (TPSA) is 44.6 Å². The van der Waals surface area contributed by atoms with Gasteiger partial charge in [-0.2, -0.15) is 0 Å². The first-order valence-electron chi connectivity index (χ1n) is 9.18. The van der Waals surface area contributed by atoms with Gasteiger partial charge in [-0.05, 0) is 37.1 Å². The molecule has 1 aliphatic heterocycles. The summed E-state index contributed by atoms with van der Waals surface area (Å²) in [5, 5.41) is 6.89. The quantitative estimate of drug-likeness (QED) is 0.601. The van der Waals surface area contributed by atoms with Crippen LogP contribution in [0.3, 0.4) is 0 Å². The summed E-state index contributed by atoms with van der Waals surface area (Å²) in [4.78, 5) is 6.92. The monoisotopic (exact) mass is 339 g/mol. The van der Waals surface area contributed by atoms with Crippen molar-refractivity contribution in [2.45, 2.75) is 32.0 Å². The van der Waals surface area contributed by atoms with E-state index >= 15 is 0 Å². The van der Waals surface area contributed by atoms with Gasteiger partial charge in [0.05, 0.1) is 0 Å². The van der Waals surface area contributed by atoms with Crippen LogP contribution in [0.5, 0.6) is 0 Å². The van der Waals surface area contributed by atoms with Crippen LogP contribution in [-0.2, 0) is 13.1 Å². The van der Waals surface area contributed by atoms with Crippen LogP contribution in [0.1, 0.15) is 18.4 Å². The fourth-order valence-electron chi connectivity index (χ4n) is 3.41. The Morgan fingerprint density at radius 3 is 2.68 bits per heavy atom. The van der Waals surface area contributed by atoms with Crippen LogP contribution in [0.2, 0.25) is 0 Å². The molecule has 2 aromatic rings. The first-order chi connectivity index (χ1) is 12.3. The van der Waals surface area contributed by atoms with E-state index in [1.165, 1.54) is 24.9 Å². The number of rotatable bonds is 7. The molecule has 2 N–H and O–H groups in total. The van der Waals surface area contributed by atoms with E-state index in [1.807, 2.05) is 7.05 Å². The lowest BCUT2D eigenvalue weighted by Crippen LogP contribution is -2.45. The number of hydrogen-bond acceptors (Lipinski definition) is 2. The highest BCUT2D eigenvalue weighted by Gasteiger charge is 2.24. The van der Waals surface area contributed by atoms with Gasteiger partial charge < -0.3 is 15.2 Å². The molecule has 0 spiro atoms. The smallest absolute Gasteiger partial charge is 0.191 e. The van der Waals surface area contributed by atoms with E-state index in [-0.39, 0.29) is 0 Å². The number of likely N-dealkylation sites (tertiary alicyclic amines) is 1. The van der Waals surface area contributed by atoms with Crippen molar-refractivity contribution in [2.75, 3.05) is 26.7 Å². The van der Waals surface area contributed by atoms with E-state index in [0.29, 0.717) is 6.04 Å². The molecule has 1 saturated heterocycles. The fraction of sp³-hybridized carbons (Fsp3) is 0.450. The molecule has 1 unspecified atom stereocenters. The maximum atomic E-state index is 4.34. The van der Waals surface area contributed by atoms with Crippen molar-refractivity contribution in [3.8, 4) is 0 Å². The van der Waals surface area contributed by atoms with Gasteiger partial charge in [0.15, 0.2) is 5.96 Å². The molecule has 1 aliphatic rings. The number of aromatic nitrogens is 1. The predicted octanol–water partition coefficient (Wildman–Crippen LogP) is 2.32. The van der Waals surface area contributed by atoms with Crippen molar-refractivity contribution in [2.24, 2.45) is 4.99 Å². The molecule has 0 saturated carbocycles. The lowest BCUT2D eigenvalue weighted by molar-refractivity contribution is 0.245. The molecule has 2 heterocycles. The fourth-order valence-corrected chi connectivity index (χ4v) is 3.41. The summed E-state index contributed by atoms with van der Waals surface area (Å²) >= 11 is 0. The largest absolute Gasteiger partial charge is 0.355 e. The molecule has 0 amide bonds. The maximum absolute atomic E-state index is 4.34. The van der Waals surface area contributed by atoms with Crippen molar-refractivity contribution < 1.29 is 0 Å². The Kier molecular flexibility index (Phi) is 6.51. The molecule has 25 heavy (non-hydrogen) atoms. The first kappa shape index (κ1) is 17.5. The lowest BCUT2D eigenvalue weighted by atomic mass is 10.2. The number of aliphatic imine (C=N–C) groups is 1. The van der Waals surface area contributed by atoms with Gasteiger partial charge in [0.1, 0.15) is 0 Å². The Balaban J connectivity index is 1.42. The molecule has 0 bridgehead atoms. The van der Waals surface area contributed by atoms with Crippen LogP contribution in [0.15, 0.2) is 59.9 Å². The van der Waals surface area contributed by atoms with Crippen LogP contribution in [0, 0.1) is 0 Å². The molecule has 1 aromatic carbocycles. The summed E-state index contributed by atoms with van der Waals surface area (Å²) in [6.07, 6.45) is 6.69. The number of hydrogen-bond donors (Lipinski definition) is 2. The van der Waals surface area contributed by atoms with E-state index in [2.05, 4.69) is 80.0 Å². The summed E-state index contributed by atoms with van der Waals surface area (Å²) in [6, 6.07) is 15.4. The molecular weight excluding hydrogens is 310 g/mol. The minimum absolute atomic E-state index is 0.572. The maximum Gasteiger partial charge on any atom is 0.191 e. The molecule has 1 aromatic heterocycles. The minimum atomic E-state index is 0.572. The highest BCUT2D eigenvalue weighted by Crippen LogP contribution is 2.19. The minimum Gasteiger partial charge on any atom is -0.355 e. The molecule has 0 aliphatic carbocycles. The summed E-state index contributed by atoms with van der Waals surface area (Å²) in [7, 11) is 1.83. The molecule has 0 radical (unpaired) electrons. The Labute approximate surface area is 150 Å². The van der Waals surface area contributed by atoms with Crippen LogP contribution in [-0.4, -0.2) is 48.2 Å². The third-order valence-electron chi connectivity index (χ3n) is 4.78. The summed E-state index contributed by atoms with van der Waals surface area (Å²) in [5.74, 6) is 0.888. The second-order valence-electron chi connectivity index (χ2n) is 6.55. The van der Waals surface area contributed by atoms with Crippen LogP contribution < -0.4 is 10.6 Å². The van der Waals surface area contributed by atoms with Crippen LogP contribution in [0.4, 0.5) is 0 Å². The highest BCUT2D eigenvalue weighted by atomic mass is 15.2. The average molecular weight is 339 g/mol. The van der Waals surface area contributed by atoms with Gasteiger partial charge >= 0.3 is 0 Å². The van der Waals surface area contributed by atoms with E-state index < -0.39 is 0 Å². The van der Waals surface area contributed by atoms with Gasteiger partial charge in [0, 0.05) is 51.7 Å². The zero-order chi connectivity index (χ0) is 17.3. The van der Waals surface area contributed by atoms with Gasteiger partial charge in [0.25, 0.3) is 0 Å². The molecule has 5 nitrogen and oxygen atoms in total.